The summed E-state index contributed by atoms with van der Waals surface area (Å²) in [5, 5.41) is 6.49. The Morgan fingerprint density at radius 1 is 1.21 bits per heavy atom. The number of carbonyl (C=O) groups excluding carboxylic acids is 1. The molecule has 0 spiro atoms. The third-order valence-electron chi connectivity index (χ3n) is 6.81. The maximum absolute atomic E-state index is 12.6. The third kappa shape index (κ3) is 4.79. The van der Waals surface area contributed by atoms with Crippen molar-refractivity contribution in [1.29, 1.82) is 0 Å². The lowest BCUT2D eigenvalue weighted by molar-refractivity contribution is -0.120. The number of amides is 1. The van der Waals surface area contributed by atoms with Gasteiger partial charge in [-0.15, -0.1) is 0 Å². The molecule has 3 aromatic rings. The highest BCUT2D eigenvalue weighted by Crippen LogP contribution is 2.45. The lowest BCUT2D eigenvalue weighted by Crippen LogP contribution is -2.48. The van der Waals surface area contributed by atoms with Crippen molar-refractivity contribution in [2.24, 2.45) is 5.10 Å². The van der Waals surface area contributed by atoms with Gasteiger partial charge in [-0.05, 0) is 60.6 Å². The predicted molar refractivity (Wildman–Crippen MR) is 141 cm³/mol. The van der Waals surface area contributed by atoms with E-state index in [2.05, 4.69) is 67.4 Å². The Bertz CT molecular complexity index is 1210. The van der Waals surface area contributed by atoms with Gasteiger partial charge in [-0.25, -0.2) is 5.43 Å². The largest absolute Gasteiger partial charge is 0.496 e. The monoisotopic (exact) mass is 457 g/mol. The summed E-state index contributed by atoms with van der Waals surface area (Å²) in [5.74, 6) is 1.04. The van der Waals surface area contributed by atoms with Gasteiger partial charge in [0.2, 0.25) is 5.91 Å². The van der Waals surface area contributed by atoms with Gasteiger partial charge >= 0.3 is 0 Å². The van der Waals surface area contributed by atoms with Crippen LogP contribution in [0.3, 0.4) is 0 Å². The van der Waals surface area contributed by atoms with Crippen LogP contribution >= 0.6 is 0 Å². The summed E-state index contributed by atoms with van der Waals surface area (Å²) >= 11 is 0. The molecule has 1 aliphatic rings. The Morgan fingerprint density at radius 2 is 1.97 bits per heavy atom. The van der Waals surface area contributed by atoms with Crippen molar-refractivity contribution in [3.05, 3.63) is 71.3 Å². The highest BCUT2D eigenvalue weighted by Gasteiger charge is 2.36. The molecule has 1 heterocycles. The zero-order valence-corrected chi connectivity index (χ0v) is 20.9. The molecule has 3 aromatic carbocycles. The van der Waals surface area contributed by atoms with Crippen LogP contribution in [0.15, 0.2) is 59.7 Å². The van der Waals surface area contributed by atoms with Gasteiger partial charge in [0.15, 0.2) is 0 Å². The standard InChI is InChI=1S/C29H35N3O2/c1-6-14-32-26-17-27(34-5)23(15-25(26)20(2)18-29(32,3)4)19-30-31-28(33)16-22-12-9-11-21-10-7-8-13-24(21)22/h7-13,15,17,19-20H,6,14,16,18H2,1-5H3,(H,31,33)/b30-19-. The maximum atomic E-state index is 12.6. The lowest BCUT2D eigenvalue weighted by atomic mass is 9.79. The van der Waals surface area contributed by atoms with Crippen LogP contribution in [0.2, 0.25) is 0 Å². The molecule has 0 saturated carbocycles. The molecule has 1 unspecified atom stereocenters. The number of nitrogens with one attached hydrogen (secondary N) is 1. The topological polar surface area (TPSA) is 53.9 Å². The van der Waals surface area contributed by atoms with Crippen LogP contribution in [-0.2, 0) is 11.2 Å². The average Bonchev–Trinajstić information content (AvgIpc) is 2.81. The summed E-state index contributed by atoms with van der Waals surface area (Å²) in [4.78, 5) is 15.1. The molecule has 0 radical (unpaired) electrons. The Kier molecular flexibility index (Phi) is 6.92. The second-order valence-corrected chi connectivity index (χ2v) is 9.83. The number of hydrogen-bond donors (Lipinski definition) is 1. The number of ether oxygens (including phenoxy) is 1. The fourth-order valence-corrected chi connectivity index (χ4v) is 5.28. The summed E-state index contributed by atoms with van der Waals surface area (Å²) in [6.07, 6.45) is 4.14. The number of fused-ring (bicyclic) bond motifs is 2. The number of benzene rings is 3. The molecular formula is C29H35N3O2. The van der Waals surface area contributed by atoms with Gasteiger partial charge in [0.05, 0.1) is 19.7 Å². The summed E-state index contributed by atoms with van der Waals surface area (Å²) in [6, 6.07) is 18.4. The zero-order valence-electron chi connectivity index (χ0n) is 20.9. The number of carbonyl (C=O) groups is 1. The lowest BCUT2D eigenvalue weighted by Gasteiger charge is -2.47. The Hall–Kier alpha value is -3.34. The highest BCUT2D eigenvalue weighted by atomic mass is 16.5. The molecule has 4 rings (SSSR count). The van der Waals surface area contributed by atoms with Crippen LogP contribution in [0.1, 0.15) is 63.1 Å². The van der Waals surface area contributed by atoms with Crippen LogP contribution in [0.25, 0.3) is 10.8 Å². The van der Waals surface area contributed by atoms with Gasteiger partial charge in [0.25, 0.3) is 0 Å². The van der Waals surface area contributed by atoms with Gasteiger partial charge in [-0.2, -0.15) is 5.10 Å². The number of hydrogen-bond acceptors (Lipinski definition) is 4. The van der Waals surface area contributed by atoms with Gasteiger partial charge in [0.1, 0.15) is 5.75 Å². The Balaban J connectivity index is 1.54. The van der Waals surface area contributed by atoms with E-state index in [1.165, 1.54) is 11.3 Å². The smallest absolute Gasteiger partial charge is 0.244 e. The summed E-state index contributed by atoms with van der Waals surface area (Å²) in [7, 11) is 1.68. The predicted octanol–water partition coefficient (Wildman–Crippen LogP) is 6.04. The van der Waals surface area contributed by atoms with Gasteiger partial charge in [-0.3, -0.25) is 4.79 Å². The number of nitrogens with zero attached hydrogens (tertiary/aromatic N) is 2. The normalized spacial score (nSPS) is 17.1. The first-order chi connectivity index (χ1) is 16.3. The van der Waals surface area contributed by atoms with Crippen molar-refractivity contribution in [3.8, 4) is 5.75 Å². The van der Waals surface area contributed by atoms with Gasteiger partial charge in [-0.1, -0.05) is 56.3 Å². The SMILES string of the molecule is CCCN1c2cc(OC)c(/C=N\NC(=O)Cc3cccc4ccccc34)cc2C(C)CC1(C)C. The number of methoxy groups -OCH3 is 1. The summed E-state index contributed by atoms with van der Waals surface area (Å²) < 4.78 is 5.71. The van der Waals surface area contributed by atoms with Crippen molar-refractivity contribution in [2.45, 2.75) is 58.4 Å². The van der Waals surface area contributed by atoms with E-state index in [-0.39, 0.29) is 17.9 Å². The van der Waals surface area contributed by atoms with Crippen LogP contribution in [0.5, 0.6) is 5.75 Å². The molecule has 0 saturated heterocycles. The van der Waals surface area contributed by atoms with Crippen molar-refractivity contribution in [1.82, 2.24) is 5.43 Å². The number of rotatable bonds is 7. The maximum Gasteiger partial charge on any atom is 0.244 e. The van der Waals surface area contributed by atoms with Crippen LogP contribution in [0.4, 0.5) is 5.69 Å². The first-order valence-electron chi connectivity index (χ1n) is 12.1. The minimum atomic E-state index is -0.145. The second kappa shape index (κ2) is 9.88. The molecule has 34 heavy (non-hydrogen) atoms. The Morgan fingerprint density at radius 3 is 2.74 bits per heavy atom. The van der Waals surface area contributed by atoms with Crippen molar-refractivity contribution < 1.29 is 9.53 Å². The third-order valence-corrected chi connectivity index (χ3v) is 6.81. The van der Waals surface area contributed by atoms with E-state index in [1.54, 1.807) is 13.3 Å². The van der Waals surface area contributed by atoms with Crippen LogP contribution < -0.4 is 15.1 Å². The minimum absolute atomic E-state index is 0.0959. The molecule has 1 N–H and O–H groups in total. The van der Waals surface area contributed by atoms with Gasteiger partial charge in [0, 0.05) is 29.4 Å². The van der Waals surface area contributed by atoms with E-state index in [4.69, 9.17) is 4.74 Å². The Labute approximate surface area is 202 Å². The summed E-state index contributed by atoms with van der Waals surface area (Å²) in [5.41, 5.74) is 7.19. The first kappa shape index (κ1) is 23.8. The van der Waals surface area contributed by atoms with E-state index >= 15 is 0 Å². The zero-order chi connectivity index (χ0) is 24.3. The molecule has 5 heteroatoms. The quantitative estimate of drug-likeness (QED) is 0.347. The molecule has 0 aliphatic carbocycles. The molecule has 1 atom stereocenters. The molecule has 0 fully saturated rings. The first-order valence-corrected chi connectivity index (χ1v) is 12.1. The average molecular weight is 458 g/mol. The summed E-state index contributed by atoms with van der Waals surface area (Å²) in [6.45, 7) is 10.1. The molecule has 178 valence electrons. The number of hydrazone groups is 1. The second-order valence-electron chi connectivity index (χ2n) is 9.83. The van der Waals surface area contributed by atoms with E-state index in [1.807, 2.05) is 30.3 Å². The van der Waals surface area contributed by atoms with E-state index in [9.17, 15) is 4.79 Å². The molecular weight excluding hydrogens is 422 g/mol. The molecule has 1 amide bonds. The fraction of sp³-hybridized carbons (Fsp3) is 0.379. The fourth-order valence-electron chi connectivity index (χ4n) is 5.28. The van der Waals surface area contributed by atoms with Crippen molar-refractivity contribution in [3.63, 3.8) is 0 Å². The molecule has 0 aromatic heterocycles. The van der Waals surface area contributed by atoms with Crippen molar-refractivity contribution >= 4 is 28.6 Å². The molecule has 1 aliphatic heterocycles. The van der Waals surface area contributed by atoms with Crippen LogP contribution in [-0.4, -0.2) is 31.3 Å². The van der Waals surface area contributed by atoms with Crippen LogP contribution in [0, 0.1) is 0 Å². The van der Waals surface area contributed by atoms with E-state index < -0.39 is 0 Å². The minimum Gasteiger partial charge on any atom is -0.496 e. The molecule has 5 nitrogen and oxygen atoms in total. The van der Waals surface area contributed by atoms with E-state index in [0.717, 1.165) is 47.0 Å². The number of anilines is 1. The van der Waals surface area contributed by atoms with Gasteiger partial charge < -0.3 is 9.64 Å². The highest BCUT2D eigenvalue weighted by molar-refractivity contribution is 5.91. The van der Waals surface area contributed by atoms with E-state index in [0.29, 0.717) is 5.92 Å². The van der Waals surface area contributed by atoms with Crippen molar-refractivity contribution in [2.75, 3.05) is 18.6 Å². The molecule has 0 bridgehead atoms.